The minimum absolute atomic E-state index is 0.139. The molecule has 3 N–H and O–H groups in total. The van der Waals surface area contributed by atoms with Crippen molar-refractivity contribution >= 4 is 23.5 Å². The van der Waals surface area contributed by atoms with Gasteiger partial charge in [-0.15, -0.1) is 0 Å². The zero-order valence-corrected chi connectivity index (χ0v) is 14.5. The molecule has 1 aliphatic rings. The van der Waals surface area contributed by atoms with Gasteiger partial charge in [-0.3, -0.25) is 4.79 Å². The number of aromatic nitrogens is 1. The van der Waals surface area contributed by atoms with Crippen LogP contribution in [0.3, 0.4) is 0 Å². The topological polar surface area (TPSA) is 92.4 Å². The molecular weight excluding hydrogens is 382 g/mol. The summed E-state index contributed by atoms with van der Waals surface area (Å²) in [5, 5.41) is 8.24. The van der Waals surface area contributed by atoms with Gasteiger partial charge in [0.15, 0.2) is 0 Å². The lowest BCUT2D eigenvalue weighted by Gasteiger charge is -2.21. The zero-order chi connectivity index (χ0) is 19.4. The molecule has 1 aliphatic heterocycles. The molecule has 2 heterocycles. The third-order valence-electron chi connectivity index (χ3n) is 3.83. The van der Waals surface area contributed by atoms with Crippen molar-refractivity contribution in [2.45, 2.75) is 18.7 Å². The highest BCUT2D eigenvalue weighted by atomic mass is 35.5. The second-order valence-electron chi connectivity index (χ2n) is 5.68. The first-order chi connectivity index (χ1) is 12.9. The van der Waals surface area contributed by atoms with Gasteiger partial charge < -0.3 is 20.7 Å². The molecule has 1 saturated heterocycles. The van der Waals surface area contributed by atoms with Crippen molar-refractivity contribution in [3.8, 4) is 5.88 Å². The van der Waals surface area contributed by atoms with Gasteiger partial charge in [-0.05, 0) is 23.8 Å². The molecule has 3 rings (SSSR count). The van der Waals surface area contributed by atoms with Gasteiger partial charge in [0.1, 0.15) is 6.04 Å². The van der Waals surface area contributed by atoms with Crippen LogP contribution in [0.2, 0.25) is 5.02 Å². The van der Waals surface area contributed by atoms with Crippen LogP contribution in [-0.2, 0) is 4.79 Å². The van der Waals surface area contributed by atoms with E-state index < -0.39 is 30.6 Å². The largest absolute Gasteiger partial charge is 0.417 e. The summed E-state index contributed by atoms with van der Waals surface area (Å²) in [4.78, 5) is 27.8. The van der Waals surface area contributed by atoms with Gasteiger partial charge in [0, 0.05) is 17.6 Å². The van der Waals surface area contributed by atoms with Crippen LogP contribution in [0, 0.1) is 0 Å². The molecule has 2 atom stereocenters. The summed E-state index contributed by atoms with van der Waals surface area (Å²) in [6.07, 6.45) is 0. The third-order valence-corrected chi connectivity index (χ3v) is 4.08. The average molecular weight is 397 g/mol. The van der Waals surface area contributed by atoms with Crippen LogP contribution in [0.5, 0.6) is 5.88 Å². The van der Waals surface area contributed by atoms with Gasteiger partial charge in [-0.1, -0.05) is 29.8 Å². The first-order valence-corrected chi connectivity index (χ1v) is 8.32. The van der Waals surface area contributed by atoms with Crippen LogP contribution >= 0.6 is 11.6 Å². The second kappa shape index (κ2) is 8.17. The van der Waals surface area contributed by atoms with E-state index in [0.717, 1.165) is 0 Å². The smallest absolute Gasteiger partial charge is 0.388 e. The van der Waals surface area contributed by atoms with Crippen molar-refractivity contribution in [1.82, 2.24) is 20.9 Å². The fraction of sp³-hybridized carbons (Fsp3) is 0.235. The van der Waals surface area contributed by atoms with Crippen LogP contribution in [0.15, 0.2) is 42.5 Å². The molecule has 10 heteroatoms. The quantitative estimate of drug-likeness (QED) is 0.698. The molecule has 142 valence electrons. The van der Waals surface area contributed by atoms with Gasteiger partial charge >= 0.3 is 12.6 Å². The summed E-state index contributed by atoms with van der Waals surface area (Å²) in [5.74, 6) is -0.721. The van der Waals surface area contributed by atoms with E-state index in [1.54, 1.807) is 30.3 Å². The van der Waals surface area contributed by atoms with Crippen LogP contribution in [0.4, 0.5) is 13.6 Å². The fourth-order valence-corrected chi connectivity index (χ4v) is 2.71. The number of carbonyl (C=O) groups excluding carboxylic acids is 2. The van der Waals surface area contributed by atoms with Crippen molar-refractivity contribution in [1.29, 1.82) is 0 Å². The number of ether oxygens (including phenoxy) is 1. The number of halogens is 3. The Kier molecular flexibility index (Phi) is 5.70. The molecule has 1 aromatic heterocycles. The molecule has 0 bridgehead atoms. The Bertz CT molecular complexity index is 835. The number of hydrogen-bond acceptors (Lipinski definition) is 4. The second-order valence-corrected chi connectivity index (χ2v) is 6.12. The van der Waals surface area contributed by atoms with E-state index in [9.17, 15) is 18.4 Å². The molecule has 1 unspecified atom stereocenters. The Balaban J connectivity index is 1.89. The highest BCUT2D eigenvalue weighted by Gasteiger charge is 2.29. The van der Waals surface area contributed by atoms with Crippen molar-refractivity contribution < 1.29 is 23.1 Å². The van der Waals surface area contributed by atoms with E-state index >= 15 is 0 Å². The monoisotopic (exact) mass is 396 g/mol. The fourth-order valence-electron chi connectivity index (χ4n) is 2.59. The van der Waals surface area contributed by atoms with Crippen LogP contribution in [0.1, 0.15) is 17.3 Å². The summed E-state index contributed by atoms with van der Waals surface area (Å²) in [6, 6.07) is 9.03. The maximum absolute atomic E-state index is 12.5. The van der Waals surface area contributed by atoms with Gasteiger partial charge in [0.05, 0.1) is 11.7 Å². The molecule has 1 aromatic carbocycles. The van der Waals surface area contributed by atoms with Crippen molar-refractivity contribution in [3.63, 3.8) is 0 Å². The molecule has 3 amide bonds. The molecule has 2 aromatic rings. The summed E-state index contributed by atoms with van der Waals surface area (Å²) in [7, 11) is 0. The van der Waals surface area contributed by atoms with Crippen LogP contribution in [-0.4, -0.2) is 36.1 Å². The molecule has 0 saturated carbocycles. The summed E-state index contributed by atoms with van der Waals surface area (Å²) < 4.78 is 29.3. The van der Waals surface area contributed by atoms with Crippen molar-refractivity contribution in [3.05, 3.63) is 58.7 Å². The minimum atomic E-state index is -3.02. The molecule has 27 heavy (non-hydrogen) atoms. The Labute approximate surface area is 158 Å². The Morgan fingerprint density at radius 1 is 1.26 bits per heavy atom. The number of alkyl halides is 2. The molecular formula is C17H15ClF2N4O3. The van der Waals surface area contributed by atoms with E-state index in [1.807, 2.05) is 0 Å². The van der Waals surface area contributed by atoms with Crippen molar-refractivity contribution in [2.75, 3.05) is 6.54 Å². The van der Waals surface area contributed by atoms with E-state index in [0.29, 0.717) is 16.3 Å². The highest BCUT2D eigenvalue weighted by molar-refractivity contribution is 6.30. The molecule has 1 fully saturated rings. The number of nitrogens with zero attached hydrogens (tertiary/aromatic N) is 1. The third kappa shape index (κ3) is 4.82. The molecule has 0 aliphatic carbocycles. The predicted molar refractivity (Wildman–Crippen MR) is 92.6 cm³/mol. The van der Waals surface area contributed by atoms with Crippen LogP contribution in [0.25, 0.3) is 0 Å². The van der Waals surface area contributed by atoms with E-state index in [-0.39, 0.29) is 12.4 Å². The van der Waals surface area contributed by atoms with E-state index in [4.69, 9.17) is 11.6 Å². The summed E-state index contributed by atoms with van der Waals surface area (Å²) >= 11 is 5.91. The van der Waals surface area contributed by atoms with Gasteiger partial charge in [-0.2, -0.15) is 8.78 Å². The highest BCUT2D eigenvalue weighted by Crippen LogP contribution is 2.24. The number of hydrogen-bond donors (Lipinski definition) is 3. The van der Waals surface area contributed by atoms with Gasteiger partial charge in [0.2, 0.25) is 11.8 Å². The first kappa shape index (κ1) is 18.8. The number of rotatable bonds is 6. The summed E-state index contributed by atoms with van der Waals surface area (Å²) in [6.45, 7) is -2.88. The number of amides is 3. The molecule has 7 nitrogen and oxygen atoms in total. The Morgan fingerprint density at radius 3 is 2.63 bits per heavy atom. The summed E-state index contributed by atoms with van der Waals surface area (Å²) in [5.41, 5.74) is 0.924. The van der Waals surface area contributed by atoms with Crippen molar-refractivity contribution in [2.24, 2.45) is 0 Å². The number of urea groups is 1. The normalized spacial score (nSPS) is 17.2. The lowest BCUT2D eigenvalue weighted by atomic mass is 10.0. The van der Waals surface area contributed by atoms with Gasteiger partial charge in [0.25, 0.3) is 0 Å². The van der Waals surface area contributed by atoms with E-state index in [1.165, 1.54) is 12.1 Å². The van der Waals surface area contributed by atoms with E-state index in [2.05, 4.69) is 25.7 Å². The Morgan fingerprint density at radius 2 is 2.00 bits per heavy atom. The Hall–Kier alpha value is -2.94. The molecule has 0 radical (unpaired) electrons. The van der Waals surface area contributed by atoms with Crippen LogP contribution < -0.4 is 20.7 Å². The first-order valence-electron chi connectivity index (χ1n) is 7.94. The lowest BCUT2D eigenvalue weighted by Crippen LogP contribution is -2.44. The number of pyridine rings is 1. The SMILES string of the molecule is O=C1NCC(C(=O)N[C@H](c2ccc(Cl)cc2)c2cccc(OC(F)F)n2)N1. The van der Waals surface area contributed by atoms with Gasteiger partial charge in [-0.25, -0.2) is 9.78 Å². The standard InChI is InChI=1S/C17H15ClF2N4O3/c18-10-6-4-9(5-7-10)14(24-15(25)12-8-21-17(26)23-12)11-2-1-3-13(22-11)27-16(19)20/h1-7,12,14,16H,8H2,(H,24,25)(H2,21,23,26)/t12?,14-/m1/s1. The average Bonchev–Trinajstić information content (AvgIpc) is 3.07. The number of benzene rings is 1. The zero-order valence-electron chi connectivity index (χ0n) is 13.8. The predicted octanol–water partition coefficient (Wildman–Crippen LogP) is 2.22. The number of carbonyl (C=O) groups is 2. The number of nitrogens with one attached hydrogen (secondary N) is 3. The maximum Gasteiger partial charge on any atom is 0.388 e. The minimum Gasteiger partial charge on any atom is -0.417 e. The maximum atomic E-state index is 12.5. The molecule has 0 spiro atoms. The lowest BCUT2D eigenvalue weighted by molar-refractivity contribution is -0.123.